The fourth-order valence-electron chi connectivity index (χ4n) is 3.13. The van der Waals surface area contributed by atoms with E-state index in [4.69, 9.17) is 0 Å². The van der Waals surface area contributed by atoms with E-state index in [0.29, 0.717) is 0 Å². The molecule has 0 bridgehead atoms. The van der Waals surface area contributed by atoms with E-state index in [2.05, 4.69) is 60.6 Å². The van der Waals surface area contributed by atoms with Gasteiger partial charge in [0.1, 0.15) is 0 Å². The van der Waals surface area contributed by atoms with Crippen LogP contribution >= 0.6 is 11.8 Å². The minimum atomic E-state index is -0.0496. The van der Waals surface area contributed by atoms with Gasteiger partial charge in [-0.3, -0.25) is 4.79 Å². The fraction of sp³-hybridized carbons (Fsp3) is 0.348. The van der Waals surface area contributed by atoms with Crippen LogP contribution in [0.5, 0.6) is 0 Å². The van der Waals surface area contributed by atoms with Crippen molar-refractivity contribution < 1.29 is 4.79 Å². The zero-order valence-electron chi connectivity index (χ0n) is 17.9. The molecule has 0 aliphatic rings. The van der Waals surface area contributed by atoms with Crippen LogP contribution < -0.4 is 5.32 Å². The number of amides is 1. The molecule has 0 spiro atoms. The molecular formula is C23H28N4OS. The highest BCUT2D eigenvalue weighted by molar-refractivity contribution is 7.99. The Morgan fingerprint density at radius 3 is 2.24 bits per heavy atom. The Morgan fingerprint density at radius 1 is 1.03 bits per heavy atom. The maximum atomic E-state index is 12.4. The number of rotatable bonds is 5. The van der Waals surface area contributed by atoms with Crippen LogP contribution in [0.2, 0.25) is 0 Å². The number of thioether (sulfide) groups is 1. The highest BCUT2D eigenvalue weighted by Crippen LogP contribution is 2.27. The van der Waals surface area contributed by atoms with Crippen molar-refractivity contribution in [3.05, 3.63) is 59.2 Å². The zero-order chi connectivity index (χ0) is 21.2. The van der Waals surface area contributed by atoms with Gasteiger partial charge in [0.05, 0.1) is 5.75 Å². The number of carbonyl (C=O) groups is 1. The molecule has 0 radical (unpaired) electrons. The van der Waals surface area contributed by atoms with Crippen LogP contribution in [0.1, 0.15) is 37.5 Å². The molecule has 0 aliphatic heterocycles. The van der Waals surface area contributed by atoms with E-state index in [1.165, 1.54) is 17.3 Å². The summed E-state index contributed by atoms with van der Waals surface area (Å²) in [6, 6.07) is 14.4. The van der Waals surface area contributed by atoms with Crippen LogP contribution in [0.15, 0.2) is 47.6 Å². The van der Waals surface area contributed by atoms with Crippen LogP contribution in [0, 0.1) is 13.8 Å². The number of anilines is 1. The second-order valence-corrected chi connectivity index (χ2v) is 9.24. The summed E-state index contributed by atoms with van der Waals surface area (Å²) in [5, 5.41) is 12.3. The molecule has 0 saturated heterocycles. The number of hydrogen-bond donors (Lipinski definition) is 1. The highest BCUT2D eigenvalue weighted by atomic mass is 32.2. The lowest BCUT2D eigenvalue weighted by Crippen LogP contribution is -2.16. The van der Waals surface area contributed by atoms with Gasteiger partial charge in [0, 0.05) is 18.3 Å². The van der Waals surface area contributed by atoms with Crippen molar-refractivity contribution in [2.24, 2.45) is 7.05 Å². The SMILES string of the molecule is Cc1cccc(C)c1NC(=O)CSc1nnc(-c2ccc(C(C)(C)C)cc2)n1C. The van der Waals surface area contributed by atoms with Crippen LogP contribution in [-0.4, -0.2) is 26.4 Å². The first kappa shape index (κ1) is 21.1. The highest BCUT2D eigenvalue weighted by Gasteiger charge is 2.16. The predicted octanol–water partition coefficient (Wildman–Crippen LogP) is 5.13. The lowest BCUT2D eigenvalue weighted by molar-refractivity contribution is -0.113. The maximum Gasteiger partial charge on any atom is 0.234 e. The predicted molar refractivity (Wildman–Crippen MR) is 120 cm³/mol. The molecule has 1 amide bonds. The van der Waals surface area contributed by atoms with Crippen LogP contribution in [0.4, 0.5) is 5.69 Å². The zero-order valence-corrected chi connectivity index (χ0v) is 18.7. The van der Waals surface area contributed by atoms with E-state index in [1.807, 2.05) is 43.7 Å². The van der Waals surface area contributed by atoms with Gasteiger partial charge in [0.25, 0.3) is 0 Å². The van der Waals surface area contributed by atoms with Gasteiger partial charge in [-0.05, 0) is 36.0 Å². The number of hydrogen-bond acceptors (Lipinski definition) is 4. The molecule has 1 heterocycles. The average molecular weight is 409 g/mol. The third-order valence-electron chi connectivity index (χ3n) is 4.92. The Morgan fingerprint density at radius 2 is 1.66 bits per heavy atom. The van der Waals surface area contributed by atoms with Gasteiger partial charge in [-0.2, -0.15) is 0 Å². The summed E-state index contributed by atoms with van der Waals surface area (Å²) in [4.78, 5) is 12.4. The second kappa shape index (κ2) is 8.41. The summed E-state index contributed by atoms with van der Waals surface area (Å²) in [6.45, 7) is 10.6. The molecule has 5 nitrogen and oxygen atoms in total. The molecule has 0 unspecified atom stereocenters. The summed E-state index contributed by atoms with van der Waals surface area (Å²) >= 11 is 1.39. The molecule has 3 aromatic rings. The van der Waals surface area contributed by atoms with Gasteiger partial charge in [-0.25, -0.2) is 0 Å². The van der Waals surface area contributed by atoms with Crippen LogP contribution in [0.3, 0.4) is 0 Å². The number of nitrogens with zero attached hydrogens (tertiary/aromatic N) is 3. The van der Waals surface area contributed by atoms with Crippen LogP contribution in [0.25, 0.3) is 11.4 Å². The number of carbonyl (C=O) groups excluding carboxylic acids is 1. The first-order valence-electron chi connectivity index (χ1n) is 9.66. The lowest BCUT2D eigenvalue weighted by Gasteiger charge is -2.19. The molecule has 29 heavy (non-hydrogen) atoms. The standard InChI is InChI=1S/C23H28N4OS/c1-15-8-7-9-16(2)20(15)24-19(28)14-29-22-26-25-21(27(22)6)17-10-12-18(13-11-17)23(3,4)5/h7-13H,14H2,1-6H3,(H,24,28). The fourth-order valence-corrected chi connectivity index (χ4v) is 3.84. The Hall–Kier alpha value is -2.60. The smallest absolute Gasteiger partial charge is 0.234 e. The van der Waals surface area contributed by atoms with E-state index in [9.17, 15) is 4.79 Å². The van der Waals surface area contributed by atoms with Gasteiger partial charge in [0.15, 0.2) is 11.0 Å². The molecule has 0 fully saturated rings. The van der Waals surface area contributed by atoms with E-state index in [1.54, 1.807) is 0 Å². The van der Waals surface area contributed by atoms with Crippen molar-refractivity contribution >= 4 is 23.4 Å². The molecule has 1 N–H and O–H groups in total. The Bertz CT molecular complexity index is 996. The Kier molecular flexibility index (Phi) is 6.13. The number of benzene rings is 2. The Labute approximate surface area is 176 Å². The van der Waals surface area contributed by atoms with E-state index in [-0.39, 0.29) is 17.1 Å². The summed E-state index contributed by atoms with van der Waals surface area (Å²) in [5.74, 6) is 1.03. The third kappa shape index (κ3) is 4.88. The molecule has 0 atom stereocenters. The third-order valence-corrected chi connectivity index (χ3v) is 5.94. The van der Waals surface area contributed by atoms with Gasteiger partial charge in [0.2, 0.25) is 5.91 Å². The maximum absolute atomic E-state index is 12.4. The van der Waals surface area contributed by atoms with Gasteiger partial charge < -0.3 is 9.88 Å². The van der Waals surface area contributed by atoms with Crippen molar-refractivity contribution in [2.75, 3.05) is 11.1 Å². The second-order valence-electron chi connectivity index (χ2n) is 8.30. The van der Waals surface area contributed by atoms with Crippen molar-refractivity contribution in [1.82, 2.24) is 14.8 Å². The molecule has 3 rings (SSSR count). The summed E-state index contributed by atoms with van der Waals surface area (Å²) < 4.78 is 1.93. The average Bonchev–Trinajstić information content (AvgIpc) is 3.03. The summed E-state index contributed by atoms with van der Waals surface area (Å²) in [6.07, 6.45) is 0. The normalized spacial score (nSPS) is 11.5. The molecule has 152 valence electrons. The van der Waals surface area contributed by atoms with Gasteiger partial charge in [-0.1, -0.05) is 75.0 Å². The van der Waals surface area contributed by atoms with Crippen molar-refractivity contribution in [3.63, 3.8) is 0 Å². The number of nitrogens with one attached hydrogen (secondary N) is 1. The topological polar surface area (TPSA) is 59.8 Å². The van der Waals surface area contributed by atoms with Crippen molar-refractivity contribution in [3.8, 4) is 11.4 Å². The molecule has 0 aliphatic carbocycles. The summed E-state index contributed by atoms with van der Waals surface area (Å²) in [7, 11) is 1.93. The molecular weight excluding hydrogens is 380 g/mol. The summed E-state index contributed by atoms with van der Waals surface area (Å²) in [5.41, 5.74) is 5.41. The number of aryl methyl sites for hydroxylation is 2. The molecule has 1 aromatic heterocycles. The molecule has 6 heteroatoms. The van der Waals surface area contributed by atoms with E-state index >= 15 is 0 Å². The lowest BCUT2D eigenvalue weighted by atomic mass is 9.87. The van der Waals surface area contributed by atoms with E-state index < -0.39 is 0 Å². The Balaban J connectivity index is 1.68. The largest absolute Gasteiger partial charge is 0.325 e. The monoisotopic (exact) mass is 408 g/mol. The van der Waals surface area contributed by atoms with E-state index in [0.717, 1.165) is 33.4 Å². The minimum Gasteiger partial charge on any atom is -0.325 e. The first-order chi connectivity index (χ1) is 13.7. The van der Waals surface area contributed by atoms with Crippen molar-refractivity contribution in [2.45, 2.75) is 45.2 Å². The first-order valence-corrected chi connectivity index (χ1v) is 10.6. The van der Waals surface area contributed by atoms with Crippen LogP contribution in [-0.2, 0) is 17.3 Å². The number of para-hydroxylation sites is 1. The molecule has 0 saturated carbocycles. The number of aromatic nitrogens is 3. The molecule has 2 aromatic carbocycles. The van der Waals surface area contributed by atoms with Gasteiger partial charge >= 0.3 is 0 Å². The van der Waals surface area contributed by atoms with Crippen molar-refractivity contribution in [1.29, 1.82) is 0 Å². The minimum absolute atomic E-state index is 0.0496. The quantitative estimate of drug-likeness (QED) is 0.595. The van der Waals surface area contributed by atoms with Gasteiger partial charge in [-0.15, -0.1) is 10.2 Å².